The van der Waals surface area contributed by atoms with Crippen molar-refractivity contribution in [2.24, 2.45) is 0 Å². The zero-order chi connectivity index (χ0) is 9.42. The van der Waals surface area contributed by atoms with E-state index in [4.69, 9.17) is 5.73 Å². The van der Waals surface area contributed by atoms with Gasteiger partial charge >= 0.3 is 58.2 Å². The third kappa shape index (κ3) is 2.03. The van der Waals surface area contributed by atoms with Crippen LogP contribution in [0.5, 0.6) is 0 Å². The van der Waals surface area contributed by atoms with Crippen LogP contribution in [0.25, 0.3) is 16.9 Å². The van der Waals surface area contributed by atoms with E-state index in [1.54, 1.807) is 0 Å². The molecule has 2 aromatic rings. The molecule has 0 aliphatic heterocycles. The van der Waals surface area contributed by atoms with Gasteiger partial charge in [-0.3, -0.25) is 4.79 Å². The van der Waals surface area contributed by atoms with Crippen LogP contribution in [0.4, 0.5) is 0 Å². The summed E-state index contributed by atoms with van der Waals surface area (Å²) in [6, 6.07) is 0. The summed E-state index contributed by atoms with van der Waals surface area (Å²) in [4.78, 5) is 30.4. The second-order valence-electron chi connectivity index (χ2n) is 2.50. The van der Waals surface area contributed by atoms with Crippen LogP contribution < -0.4 is 63.7 Å². The fourth-order valence-electron chi connectivity index (χ4n) is 1.10. The zero-order valence-electron chi connectivity index (χ0n) is 7.42. The summed E-state index contributed by atoms with van der Waals surface area (Å²) in [6.07, 6.45) is 2.46. The second-order valence-corrected chi connectivity index (χ2v) is 2.50. The molecule has 0 unspecified atom stereocenters. The molecule has 0 saturated heterocycles. The number of nitrogens with one attached hydrogen (secondary N) is 3. The molecule has 0 aliphatic carbocycles. The Morgan fingerprint density at radius 2 is 2.21 bits per heavy atom. The van der Waals surface area contributed by atoms with E-state index in [1.807, 2.05) is 0 Å². The Morgan fingerprint density at radius 3 is 2.86 bits per heavy atom. The van der Waals surface area contributed by atoms with Gasteiger partial charge in [0.25, 0.3) is 5.56 Å². The van der Waals surface area contributed by atoms with Crippen LogP contribution >= 0.6 is 0 Å². The van der Waals surface area contributed by atoms with E-state index in [2.05, 4.69) is 15.0 Å². The van der Waals surface area contributed by atoms with Gasteiger partial charge in [0.15, 0.2) is 5.65 Å². The number of nitrogens with zero attached hydrogens (tertiary/aromatic N) is 1. The molecular formula is C7H5N4O2Rb. The summed E-state index contributed by atoms with van der Waals surface area (Å²) in [7, 11) is 0. The average molecular weight is 263 g/mol. The molecule has 0 aromatic carbocycles. The number of fused-ring (bicyclic) bond motifs is 1. The maximum atomic E-state index is 10.9. The van der Waals surface area contributed by atoms with Crippen molar-refractivity contribution in [1.29, 1.82) is 0 Å². The maximum absolute atomic E-state index is 10.9. The fourth-order valence-corrected chi connectivity index (χ4v) is 1.10. The molecule has 14 heavy (non-hydrogen) atoms. The van der Waals surface area contributed by atoms with Crippen LogP contribution in [0.2, 0.25) is 0 Å². The van der Waals surface area contributed by atoms with Crippen molar-refractivity contribution < 1.29 is 63.0 Å². The minimum Gasteiger partial charge on any atom is -0.663 e. The van der Waals surface area contributed by atoms with E-state index in [1.165, 1.54) is 6.20 Å². The van der Waals surface area contributed by atoms with Crippen molar-refractivity contribution in [3.63, 3.8) is 0 Å². The summed E-state index contributed by atoms with van der Waals surface area (Å²) in [5, 5.41) is 0. The van der Waals surface area contributed by atoms with Gasteiger partial charge in [0, 0.05) is 11.8 Å². The van der Waals surface area contributed by atoms with Gasteiger partial charge in [-0.2, -0.15) is 0 Å². The summed E-state index contributed by atoms with van der Waals surface area (Å²) in [6.45, 7) is 0. The number of hydrogen-bond donors (Lipinski definition) is 2. The molecule has 0 bridgehead atoms. The summed E-state index contributed by atoms with van der Waals surface area (Å²) in [5.74, 6) is -0.852. The summed E-state index contributed by atoms with van der Waals surface area (Å²) >= 11 is 0. The quantitative estimate of drug-likeness (QED) is 0.591. The van der Waals surface area contributed by atoms with Crippen LogP contribution in [-0.2, 0) is 0 Å². The molecule has 0 saturated carbocycles. The van der Waals surface area contributed by atoms with E-state index < -0.39 is 11.5 Å². The number of hydrogen-bond acceptors (Lipinski definition) is 3. The molecule has 2 rings (SSSR count). The molecule has 0 fully saturated rings. The minimum atomic E-state index is -0.852. The predicted molar refractivity (Wildman–Crippen MR) is 45.4 cm³/mol. The number of H-pyrrole nitrogens is 2. The molecule has 2 heterocycles. The number of carbonyl (C=O) groups is 1. The molecule has 0 aliphatic rings. The molecule has 1 amide bonds. The molecule has 2 aromatic heterocycles. The number of carbonyl (C=O) groups excluding carboxylic acids is 1. The Kier molecular flexibility index (Phi) is 3.76. The van der Waals surface area contributed by atoms with Gasteiger partial charge in [0.2, 0.25) is 0 Å². The Bertz CT molecular complexity index is 530. The predicted octanol–water partition coefficient (Wildman–Crippen LogP) is -2.55. The number of aromatic nitrogens is 3. The minimum absolute atomic E-state index is 0. The Hall–Kier alpha value is -0.305. The van der Waals surface area contributed by atoms with Crippen LogP contribution in [0.3, 0.4) is 0 Å². The van der Waals surface area contributed by atoms with E-state index >= 15 is 0 Å². The Labute approximate surface area is 127 Å². The second kappa shape index (κ2) is 4.48. The molecule has 0 radical (unpaired) electrons. The first kappa shape index (κ1) is 11.8. The third-order valence-corrected chi connectivity index (χ3v) is 1.66. The van der Waals surface area contributed by atoms with Crippen molar-refractivity contribution in [2.45, 2.75) is 0 Å². The van der Waals surface area contributed by atoms with E-state index in [0.717, 1.165) is 6.20 Å². The molecule has 3 N–H and O–H groups in total. The molecule has 0 atom stereocenters. The maximum Gasteiger partial charge on any atom is 1.00 e. The normalized spacial score (nSPS) is 9.71. The van der Waals surface area contributed by atoms with Crippen molar-refractivity contribution in [3.05, 3.63) is 34.0 Å². The van der Waals surface area contributed by atoms with Crippen LogP contribution in [0, 0.1) is 0 Å². The third-order valence-electron chi connectivity index (χ3n) is 1.66. The summed E-state index contributed by atoms with van der Waals surface area (Å²) < 4.78 is 0. The zero-order valence-corrected chi connectivity index (χ0v) is 12.3. The van der Waals surface area contributed by atoms with Crippen molar-refractivity contribution in [3.8, 4) is 0 Å². The van der Waals surface area contributed by atoms with Gasteiger partial charge in [-0.15, -0.1) is 0 Å². The first-order valence-corrected chi connectivity index (χ1v) is 3.51. The van der Waals surface area contributed by atoms with Crippen LogP contribution in [-0.4, -0.2) is 20.9 Å². The SMILES string of the molecule is [NH-]C(=O)c1c[nH]c2ncc(=O)[nH]c12.[Rb+]. The van der Waals surface area contributed by atoms with E-state index in [0.29, 0.717) is 5.65 Å². The van der Waals surface area contributed by atoms with Gasteiger partial charge in [-0.1, -0.05) is 0 Å². The number of rotatable bonds is 1. The number of amides is 1. The van der Waals surface area contributed by atoms with E-state index in [9.17, 15) is 9.59 Å². The smallest absolute Gasteiger partial charge is 0.663 e. The fraction of sp³-hybridized carbons (Fsp3) is 0. The van der Waals surface area contributed by atoms with Gasteiger partial charge in [-0.05, 0) is 0 Å². The average Bonchev–Trinajstić information content (AvgIpc) is 2.46. The summed E-state index contributed by atoms with van der Waals surface area (Å²) in [5.41, 5.74) is 7.29. The largest absolute Gasteiger partial charge is 1.00 e. The molecule has 0 spiro atoms. The van der Waals surface area contributed by atoms with E-state index in [-0.39, 0.29) is 69.3 Å². The monoisotopic (exact) mass is 262 g/mol. The van der Waals surface area contributed by atoms with Crippen molar-refractivity contribution in [2.75, 3.05) is 0 Å². The van der Waals surface area contributed by atoms with Crippen molar-refractivity contribution >= 4 is 17.1 Å². The van der Waals surface area contributed by atoms with Gasteiger partial charge in [0.05, 0.1) is 17.6 Å². The van der Waals surface area contributed by atoms with Gasteiger partial charge in [-0.25, -0.2) is 4.98 Å². The topological polar surface area (TPSA) is 102 Å². The standard InChI is InChI=1S/C7H6N4O2.Rb/c8-6(13)3-1-9-7-5(3)11-4(12)2-10-7;/h1-2H,(H4,8,9,10,11,12,13);/q;+1/p-1. The Balaban J connectivity index is 0.000000980. The van der Waals surface area contributed by atoms with Crippen molar-refractivity contribution in [1.82, 2.24) is 15.0 Å². The first-order valence-electron chi connectivity index (χ1n) is 3.51. The molecule has 66 valence electrons. The number of aromatic amines is 2. The van der Waals surface area contributed by atoms with Crippen LogP contribution in [0.1, 0.15) is 10.4 Å². The Morgan fingerprint density at radius 1 is 1.50 bits per heavy atom. The molecule has 7 heteroatoms. The molecule has 6 nitrogen and oxygen atoms in total. The van der Waals surface area contributed by atoms with Gasteiger partial charge < -0.3 is 20.5 Å². The van der Waals surface area contributed by atoms with Crippen LogP contribution in [0.15, 0.2) is 17.2 Å². The first-order chi connectivity index (χ1) is 6.18. The van der Waals surface area contributed by atoms with Gasteiger partial charge in [0.1, 0.15) is 0 Å². The molecular weight excluding hydrogens is 258 g/mol.